The predicted octanol–water partition coefficient (Wildman–Crippen LogP) is 5.25. The zero-order valence-electron chi connectivity index (χ0n) is 15.8. The van der Waals surface area contributed by atoms with Crippen LogP contribution in [0.2, 0.25) is 5.02 Å². The van der Waals surface area contributed by atoms with Crippen molar-refractivity contribution in [1.29, 1.82) is 0 Å². The first-order chi connectivity index (χ1) is 14.3. The first kappa shape index (κ1) is 21.0. The maximum atomic E-state index is 13.3. The molecular weight excluding hydrogens is 437 g/mol. The number of pyridine rings is 1. The fraction of sp³-hybridized carbons (Fsp3) is 0.350. The van der Waals surface area contributed by atoms with E-state index in [1.165, 1.54) is 4.40 Å². The van der Waals surface area contributed by atoms with Crippen molar-refractivity contribution in [2.45, 2.75) is 35.8 Å². The minimum absolute atomic E-state index is 0.0827. The fourth-order valence-corrected chi connectivity index (χ4v) is 4.78. The van der Waals surface area contributed by atoms with Crippen molar-refractivity contribution >= 4 is 34.9 Å². The number of likely N-dealkylation sites (tertiary alicyclic amines) is 1. The molecule has 3 aromatic rings. The Labute approximate surface area is 180 Å². The number of benzene rings is 1. The van der Waals surface area contributed by atoms with Crippen molar-refractivity contribution in [3.63, 3.8) is 0 Å². The van der Waals surface area contributed by atoms with Gasteiger partial charge in [-0.3, -0.25) is 9.20 Å². The molecule has 0 spiro atoms. The second kappa shape index (κ2) is 8.47. The van der Waals surface area contributed by atoms with Gasteiger partial charge in [-0.25, -0.2) is 0 Å². The highest BCUT2D eigenvalue weighted by atomic mass is 35.5. The van der Waals surface area contributed by atoms with Gasteiger partial charge in [0.2, 0.25) is 5.91 Å². The van der Waals surface area contributed by atoms with Crippen LogP contribution in [0, 0.1) is 0 Å². The number of carbonyl (C=O) groups excluding carboxylic acids is 1. The fourth-order valence-electron chi connectivity index (χ4n) is 3.44. The molecule has 0 radical (unpaired) electrons. The lowest BCUT2D eigenvalue weighted by Crippen LogP contribution is -2.38. The van der Waals surface area contributed by atoms with Crippen molar-refractivity contribution in [2.24, 2.45) is 0 Å². The summed E-state index contributed by atoms with van der Waals surface area (Å²) in [4.78, 5) is 15.1. The first-order valence-electron chi connectivity index (χ1n) is 9.46. The third-order valence-electron chi connectivity index (χ3n) is 4.97. The third kappa shape index (κ3) is 4.27. The Hall–Kier alpha value is -2.26. The van der Waals surface area contributed by atoms with Crippen molar-refractivity contribution in [2.75, 3.05) is 13.1 Å². The number of nitrogens with zero attached hydrogens (tertiary/aromatic N) is 4. The van der Waals surface area contributed by atoms with Gasteiger partial charge in [-0.1, -0.05) is 53.7 Å². The van der Waals surface area contributed by atoms with Gasteiger partial charge < -0.3 is 4.90 Å². The lowest BCUT2D eigenvalue weighted by molar-refractivity contribution is -0.138. The Morgan fingerprint density at radius 1 is 1.10 bits per heavy atom. The summed E-state index contributed by atoms with van der Waals surface area (Å²) in [7, 11) is 0. The summed E-state index contributed by atoms with van der Waals surface area (Å²) in [6, 6.07) is 9.99. The Morgan fingerprint density at radius 3 is 2.47 bits per heavy atom. The quantitative estimate of drug-likeness (QED) is 0.505. The van der Waals surface area contributed by atoms with Crippen molar-refractivity contribution < 1.29 is 18.0 Å². The van der Waals surface area contributed by atoms with Crippen LogP contribution < -0.4 is 0 Å². The van der Waals surface area contributed by atoms with Crippen LogP contribution in [0.5, 0.6) is 0 Å². The highest BCUT2D eigenvalue weighted by Gasteiger charge is 2.33. The smallest absolute Gasteiger partial charge is 0.341 e. The van der Waals surface area contributed by atoms with E-state index in [-0.39, 0.29) is 21.7 Å². The summed E-state index contributed by atoms with van der Waals surface area (Å²) in [6.07, 6.45) is -0.684. The largest absolute Gasteiger partial charge is 0.417 e. The topological polar surface area (TPSA) is 50.5 Å². The van der Waals surface area contributed by atoms with Gasteiger partial charge in [-0.15, -0.1) is 10.2 Å². The number of thioether (sulfide) groups is 1. The number of piperidine rings is 1. The molecule has 1 aliphatic heterocycles. The summed E-state index contributed by atoms with van der Waals surface area (Å²) < 4.78 is 41.0. The number of halogens is 4. The number of alkyl halides is 3. The molecule has 0 bridgehead atoms. The van der Waals surface area contributed by atoms with E-state index in [0.717, 1.165) is 48.9 Å². The number of fused-ring (bicyclic) bond motifs is 1. The molecule has 1 amide bonds. The van der Waals surface area contributed by atoms with Gasteiger partial charge in [0, 0.05) is 19.3 Å². The van der Waals surface area contributed by atoms with Gasteiger partial charge in [0.05, 0.1) is 10.6 Å². The van der Waals surface area contributed by atoms with Gasteiger partial charge in [-0.05, 0) is 30.9 Å². The van der Waals surface area contributed by atoms with E-state index < -0.39 is 17.0 Å². The average molecular weight is 455 g/mol. The highest BCUT2D eigenvalue weighted by molar-refractivity contribution is 8.00. The number of carbonyl (C=O) groups is 1. The van der Waals surface area contributed by atoms with E-state index in [9.17, 15) is 18.0 Å². The molecule has 0 unspecified atom stereocenters. The van der Waals surface area contributed by atoms with Crippen LogP contribution in [0.25, 0.3) is 5.65 Å². The van der Waals surface area contributed by atoms with E-state index in [1.807, 2.05) is 35.2 Å². The Kier molecular flexibility index (Phi) is 5.92. The lowest BCUT2D eigenvalue weighted by atomic mass is 10.1. The number of amides is 1. The molecule has 10 heteroatoms. The molecule has 30 heavy (non-hydrogen) atoms. The maximum absolute atomic E-state index is 13.3. The minimum Gasteiger partial charge on any atom is -0.341 e. The van der Waals surface area contributed by atoms with Gasteiger partial charge in [-0.2, -0.15) is 13.2 Å². The summed E-state index contributed by atoms with van der Waals surface area (Å²) >= 11 is 7.09. The molecule has 1 saturated heterocycles. The van der Waals surface area contributed by atoms with Crippen molar-refractivity contribution in [3.8, 4) is 0 Å². The van der Waals surface area contributed by atoms with Crippen molar-refractivity contribution in [1.82, 2.24) is 19.5 Å². The molecule has 4 rings (SSSR count). The molecule has 1 fully saturated rings. The number of rotatable bonds is 4. The zero-order chi connectivity index (χ0) is 21.3. The van der Waals surface area contributed by atoms with E-state index in [0.29, 0.717) is 13.1 Å². The molecule has 5 nitrogen and oxygen atoms in total. The van der Waals surface area contributed by atoms with E-state index in [4.69, 9.17) is 11.6 Å². The standard InChI is InChI=1S/C20H18ClF3N4OS/c21-15-11-14(20(22,23)24)12-28-17(15)25-26-19(28)30-16(13-7-3-1-4-8-13)18(29)27-9-5-2-6-10-27/h1,3-4,7-8,11-12,16H,2,5-6,9-10H2/t16-/m0/s1. The maximum Gasteiger partial charge on any atom is 0.417 e. The molecule has 0 aliphatic carbocycles. The summed E-state index contributed by atoms with van der Waals surface area (Å²) in [5.41, 5.74) is -0.0300. The second-order valence-electron chi connectivity index (χ2n) is 7.05. The van der Waals surface area contributed by atoms with E-state index in [1.54, 1.807) is 0 Å². The van der Waals surface area contributed by atoms with E-state index in [2.05, 4.69) is 10.2 Å². The van der Waals surface area contributed by atoms with Gasteiger partial charge in [0.25, 0.3) is 0 Å². The molecule has 0 saturated carbocycles. The number of hydrogen-bond acceptors (Lipinski definition) is 4. The Bertz CT molecular complexity index is 1050. The molecule has 1 atom stereocenters. The summed E-state index contributed by atoms with van der Waals surface area (Å²) in [6.45, 7) is 1.35. The van der Waals surface area contributed by atoms with Crippen LogP contribution in [0.15, 0.2) is 47.8 Å². The number of hydrogen-bond donors (Lipinski definition) is 0. The van der Waals surface area contributed by atoms with Gasteiger partial charge in [0.1, 0.15) is 5.25 Å². The van der Waals surface area contributed by atoms with Crippen LogP contribution in [0.3, 0.4) is 0 Å². The average Bonchev–Trinajstić information content (AvgIpc) is 3.15. The lowest BCUT2D eigenvalue weighted by Gasteiger charge is -2.30. The molecule has 1 aliphatic rings. The molecular formula is C20H18ClF3N4OS. The monoisotopic (exact) mass is 454 g/mol. The van der Waals surface area contributed by atoms with Crippen LogP contribution in [-0.2, 0) is 11.0 Å². The molecule has 0 N–H and O–H groups in total. The summed E-state index contributed by atoms with van der Waals surface area (Å²) in [5.74, 6) is -0.0827. The molecule has 2 aromatic heterocycles. The van der Waals surface area contributed by atoms with Crippen LogP contribution >= 0.6 is 23.4 Å². The Balaban J connectivity index is 1.73. The third-order valence-corrected chi connectivity index (χ3v) is 6.45. The second-order valence-corrected chi connectivity index (χ2v) is 8.52. The van der Waals surface area contributed by atoms with Crippen LogP contribution in [0.1, 0.15) is 35.6 Å². The molecule has 1 aromatic carbocycles. The predicted molar refractivity (Wildman–Crippen MR) is 108 cm³/mol. The van der Waals surface area contributed by atoms with Crippen LogP contribution in [0.4, 0.5) is 13.2 Å². The van der Waals surface area contributed by atoms with Gasteiger partial charge in [0.15, 0.2) is 10.8 Å². The van der Waals surface area contributed by atoms with Crippen LogP contribution in [-0.4, -0.2) is 38.5 Å². The van der Waals surface area contributed by atoms with Gasteiger partial charge >= 0.3 is 6.18 Å². The first-order valence-corrected chi connectivity index (χ1v) is 10.7. The normalized spacial score (nSPS) is 16.1. The van der Waals surface area contributed by atoms with E-state index >= 15 is 0 Å². The van der Waals surface area contributed by atoms with Crippen molar-refractivity contribution in [3.05, 3.63) is 58.7 Å². The zero-order valence-corrected chi connectivity index (χ0v) is 17.3. The Morgan fingerprint density at radius 2 is 1.80 bits per heavy atom. The number of aromatic nitrogens is 3. The SMILES string of the molecule is O=C([C@@H](Sc1nnc2c(Cl)cc(C(F)(F)F)cn12)c1ccccc1)N1CCCCC1. The molecule has 158 valence electrons. The molecule has 3 heterocycles. The summed E-state index contributed by atoms with van der Waals surface area (Å²) in [5, 5.41) is 7.33. The minimum atomic E-state index is -4.56. The highest BCUT2D eigenvalue weighted by Crippen LogP contribution is 2.38.